The second-order valence-corrected chi connectivity index (χ2v) is 5.44. The zero-order valence-electron chi connectivity index (χ0n) is 13.6. The minimum atomic E-state index is -0.562. The fourth-order valence-electron chi connectivity index (χ4n) is 2.35. The number of aliphatic hydroxyl groups is 1. The molecule has 0 aliphatic carbocycles. The zero-order valence-corrected chi connectivity index (χ0v) is 13.6. The van der Waals surface area contributed by atoms with E-state index in [2.05, 4.69) is 4.90 Å². The van der Waals surface area contributed by atoms with Gasteiger partial charge in [-0.2, -0.15) is 0 Å². The summed E-state index contributed by atoms with van der Waals surface area (Å²) in [6.45, 7) is 2.99. The average Bonchev–Trinajstić information content (AvgIpc) is 3.07. The minimum Gasteiger partial charge on any atom is -0.491 e. The molecule has 0 saturated carbocycles. The van der Waals surface area contributed by atoms with E-state index in [4.69, 9.17) is 13.9 Å². The molecule has 0 spiro atoms. The molecule has 1 atom stereocenters. The number of aliphatic hydroxyl groups excluding tert-OH is 1. The van der Waals surface area contributed by atoms with E-state index in [1.807, 2.05) is 42.5 Å². The molecule has 0 saturated heterocycles. The van der Waals surface area contributed by atoms with Crippen LogP contribution >= 0.6 is 0 Å². The Hall–Kier alpha value is -1.82. The quantitative estimate of drug-likeness (QED) is 0.645. The van der Waals surface area contributed by atoms with E-state index in [0.29, 0.717) is 19.7 Å². The van der Waals surface area contributed by atoms with E-state index < -0.39 is 6.10 Å². The lowest BCUT2D eigenvalue weighted by atomic mass is 10.3. The van der Waals surface area contributed by atoms with Crippen LogP contribution < -0.4 is 4.74 Å². The van der Waals surface area contributed by atoms with Crippen LogP contribution in [0.2, 0.25) is 0 Å². The first-order valence-electron chi connectivity index (χ1n) is 7.87. The van der Waals surface area contributed by atoms with Gasteiger partial charge >= 0.3 is 0 Å². The third kappa shape index (κ3) is 6.86. The molecule has 126 valence electrons. The molecule has 1 N–H and O–H groups in total. The van der Waals surface area contributed by atoms with Gasteiger partial charge in [0.05, 0.1) is 12.8 Å². The Morgan fingerprint density at radius 3 is 2.70 bits per heavy atom. The molecule has 0 bridgehead atoms. The van der Waals surface area contributed by atoms with Crippen molar-refractivity contribution in [3.63, 3.8) is 0 Å². The van der Waals surface area contributed by atoms with Crippen molar-refractivity contribution in [3.8, 4) is 5.75 Å². The van der Waals surface area contributed by atoms with Crippen molar-refractivity contribution in [3.05, 3.63) is 54.5 Å². The van der Waals surface area contributed by atoms with Gasteiger partial charge in [0.15, 0.2) is 0 Å². The van der Waals surface area contributed by atoms with Gasteiger partial charge in [-0.15, -0.1) is 0 Å². The first-order valence-corrected chi connectivity index (χ1v) is 7.87. The molecular formula is C18H25NO4. The van der Waals surface area contributed by atoms with E-state index >= 15 is 0 Å². The van der Waals surface area contributed by atoms with Gasteiger partial charge in [0.1, 0.15) is 24.2 Å². The summed E-state index contributed by atoms with van der Waals surface area (Å²) in [5.41, 5.74) is 0. The number of furan rings is 1. The summed E-state index contributed by atoms with van der Waals surface area (Å²) in [5.74, 6) is 1.65. The maximum Gasteiger partial charge on any atom is 0.119 e. The second kappa shape index (κ2) is 10.0. The van der Waals surface area contributed by atoms with Gasteiger partial charge in [-0.3, -0.25) is 4.90 Å². The third-order valence-electron chi connectivity index (χ3n) is 3.44. The van der Waals surface area contributed by atoms with Crippen LogP contribution in [0, 0.1) is 0 Å². The van der Waals surface area contributed by atoms with Crippen molar-refractivity contribution in [2.24, 2.45) is 0 Å². The summed E-state index contributed by atoms with van der Waals surface area (Å²) < 4.78 is 16.1. The van der Waals surface area contributed by atoms with E-state index in [1.165, 1.54) is 0 Å². The summed E-state index contributed by atoms with van der Waals surface area (Å²) in [7, 11) is 1.69. The van der Waals surface area contributed by atoms with Gasteiger partial charge in [-0.05, 0) is 30.7 Å². The molecule has 0 aliphatic heterocycles. The number of nitrogens with zero attached hydrogens (tertiary/aromatic N) is 1. The molecule has 0 amide bonds. The van der Waals surface area contributed by atoms with Crippen molar-refractivity contribution in [1.29, 1.82) is 0 Å². The molecule has 2 rings (SSSR count). The number of para-hydroxylation sites is 1. The van der Waals surface area contributed by atoms with Gasteiger partial charge in [-0.25, -0.2) is 0 Å². The van der Waals surface area contributed by atoms with Crippen LogP contribution in [0.3, 0.4) is 0 Å². The lowest BCUT2D eigenvalue weighted by Gasteiger charge is -2.24. The first kappa shape index (κ1) is 17.5. The van der Waals surface area contributed by atoms with Gasteiger partial charge in [-0.1, -0.05) is 18.2 Å². The molecule has 0 fully saturated rings. The van der Waals surface area contributed by atoms with Gasteiger partial charge in [0, 0.05) is 26.8 Å². The van der Waals surface area contributed by atoms with E-state index in [-0.39, 0.29) is 6.61 Å². The van der Waals surface area contributed by atoms with Crippen LogP contribution in [0.4, 0.5) is 0 Å². The molecule has 1 heterocycles. The van der Waals surface area contributed by atoms with Crippen LogP contribution in [-0.4, -0.2) is 49.5 Å². The van der Waals surface area contributed by atoms with Crippen molar-refractivity contribution < 1.29 is 19.0 Å². The smallest absolute Gasteiger partial charge is 0.119 e. The highest BCUT2D eigenvalue weighted by atomic mass is 16.5. The van der Waals surface area contributed by atoms with E-state index in [9.17, 15) is 5.11 Å². The monoisotopic (exact) mass is 319 g/mol. The molecule has 5 heteroatoms. The topological polar surface area (TPSA) is 55.1 Å². The number of benzene rings is 1. The average molecular weight is 319 g/mol. The lowest BCUT2D eigenvalue weighted by Crippen LogP contribution is -2.36. The SMILES string of the molecule is COCCCN(Cc1ccco1)CC(O)COc1ccccc1. The normalized spacial score (nSPS) is 12.5. The molecular weight excluding hydrogens is 294 g/mol. The Balaban J connectivity index is 1.80. The third-order valence-corrected chi connectivity index (χ3v) is 3.44. The van der Waals surface area contributed by atoms with Gasteiger partial charge in [0.25, 0.3) is 0 Å². The molecule has 1 aromatic heterocycles. The summed E-state index contributed by atoms with van der Waals surface area (Å²) in [6, 6.07) is 13.3. The summed E-state index contributed by atoms with van der Waals surface area (Å²) in [4.78, 5) is 2.15. The molecule has 0 radical (unpaired) electrons. The number of ether oxygens (including phenoxy) is 2. The predicted molar refractivity (Wildman–Crippen MR) is 88.4 cm³/mol. The Morgan fingerprint density at radius 2 is 2.00 bits per heavy atom. The lowest BCUT2D eigenvalue weighted by molar-refractivity contribution is 0.0594. The highest BCUT2D eigenvalue weighted by molar-refractivity contribution is 5.20. The zero-order chi connectivity index (χ0) is 16.3. The van der Waals surface area contributed by atoms with Crippen molar-refractivity contribution in [2.75, 3.05) is 33.4 Å². The summed E-state index contributed by atoms with van der Waals surface area (Å²) in [6.07, 6.45) is 2.01. The number of hydrogen-bond donors (Lipinski definition) is 1. The largest absolute Gasteiger partial charge is 0.491 e. The van der Waals surface area contributed by atoms with Crippen molar-refractivity contribution in [1.82, 2.24) is 4.90 Å². The van der Waals surface area contributed by atoms with Crippen LogP contribution in [0.5, 0.6) is 5.75 Å². The fraction of sp³-hybridized carbons (Fsp3) is 0.444. The summed E-state index contributed by atoms with van der Waals surface area (Å²) >= 11 is 0. The minimum absolute atomic E-state index is 0.267. The van der Waals surface area contributed by atoms with Crippen LogP contribution in [0.25, 0.3) is 0 Å². The molecule has 1 unspecified atom stereocenters. The molecule has 2 aromatic rings. The number of rotatable bonds is 11. The van der Waals surface area contributed by atoms with Gasteiger partial charge in [0.2, 0.25) is 0 Å². The van der Waals surface area contributed by atoms with Crippen molar-refractivity contribution in [2.45, 2.75) is 19.1 Å². The van der Waals surface area contributed by atoms with Crippen molar-refractivity contribution >= 4 is 0 Å². The standard InChI is InChI=1S/C18H25NO4/c1-21-11-6-10-19(14-18-9-5-12-22-18)13-16(20)15-23-17-7-3-2-4-8-17/h2-5,7-9,12,16,20H,6,10-11,13-15H2,1H3. The van der Waals surface area contributed by atoms with Crippen LogP contribution in [0.1, 0.15) is 12.2 Å². The number of methoxy groups -OCH3 is 1. The first-order chi connectivity index (χ1) is 11.3. The Morgan fingerprint density at radius 1 is 1.17 bits per heavy atom. The van der Waals surface area contributed by atoms with Crippen LogP contribution in [-0.2, 0) is 11.3 Å². The maximum atomic E-state index is 10.2. The van der Waals surface area contributed by atoms with Crippen LogP contribution in [0.15, 0.2) is 53.1 Å². The number of hydrogen-bond acceptors (Lipinski definition) is 5. The Labute approximate surface area is 137 Å². The Bertz CT molecular complexity index is 515. The molecule has 23 heavy (non-hydrogen) atoms. The second-order valence-electron chi connectivity index (χ2n) is 5.44. The van der Waals surface area contributed by atoms with Gasteiger partial charge < -0.3 is 19.0 Å². The van der Waals surface area contributed by atoms with E-state index in [1.54, 1.807) is 13.4 Å². The Kier molecular flexibility index (Phi) is 7.66. The maximum absolute atomic E-state index is 10.2. The fourth-order valence-corrected chi connectivity index (χ4v) is 2.35. The highest BCUT2D eigenvalue weighted by Crippen LogP contribution is 2.10. The van der Waals surface area contributed by atoms with E-state index in [0.717, 1.165) is 24.5 Å². The molecule has 1 aromatic carbocycles. The molecule has 0 aliphatic rings. The summed E-state index contributed by atoms with van der Waals surface area (Å²) in [5, 5.41) is 10.2. The highest BCUT2D eigenvalue weighted by Gasteiger charge is 2.14. The predicted octanol–water partition coefficient (Wildman–Crippen LogP) is 2.56. The molecule has 5 nitrogen and oxygen atoms in total.